The zero-order valence-corrected chi connectivity index (χ0v) is 17.2. The summed E-state index contributed by atoms with van der Waals surface area (Å²) in [7, 11) is 2.82. The summed E-state index contributed by atoms with van der Waals surface area (Å²) in [6, 6.07) is 22.6. The predicted octanol–water partition coefficient (Wildman–Crippen LogP) is 5.23. The molecule has 156 valence electrons. The van der Waals surface area contributed by atoms with E-state index in [-0.39, 0.29) is 6.61 Å². The van der Waals surface area contributed by atoms with Crippen molar-refractivity contribution in [3.63, 3.8) is 0 Å². The van der Waals surface area contributed by atoms with Gasteiger partial charge in [0.25, 0.3) is 0 Å². The van der Waals surface area contributed by atoms with E-state index in [1.54, 1.807) is 0 Å². The zero-order chi connectivity index (χ0) is 21.6. The summed E-state index contributed by atoms with van der Waals surface area (Å²) < 4.78 is 21.7. The van der Waals surface area contributed by atoms with Crippen LogP contribution in [-0.2, 0) is 20.9 Å². The first-order valence-electron chi connectivity index (χ1n) is 9.68. The molecule has 6 heteroatoms. The number of rotatable bonds is 7. The molecule has 0 saturated carbocycles. The number of hydrogen-bond acceptors (Lipinski definition) is 6. The van der Waals surface area contributed by atoms with Crippen LogP contribution in [0, 0.1) is 0 Å². The van der Waals surface area contributed by atoms with Crippen LogP contribution in [0.4, 0.5) is 0 Å². The molecule has 1 aromatic heterocycles. The number of aromatic nitrogens is 1. The summed E-state index contributed by atoms with van der Waals surface area (Å²) in [5.41, 5.74) is 4.29. The third kappa shape index (κ3) is 4.43. The first-order chi connectivity index (χ1) is 15.2. The topological polar surface area (TPSA) is 70.8 Å². The maximum atomic E-state index is 12.1. The highest BCUT2D eigenvalue weighted by Gasteiger charge is 2.17. The summed E-state index contributed by atoms with van der Waals surface area (Å²) in [6.45, 7) is 0.274. The maximum absolute atomic E-state index is 12.1. The molecule has 1 heterocycles. The highest BCUT2D eigenvalue weighted by Crippen LogP contribution is 2.27. The Labute approximate surface area is 179 Å². The summed E-state index contributed by atoms with van der Waals surface area (Å²) in [5, 5.41) is 0. The van der Waals surface area contributed by atoms with Crippen LogP contribution in [0.3, 0.4) is 0 Å². The highest BCUT2D eigenvalue weighted by molar-refractivity contribution is 6.16. The van der Waals surface area contributed by atoms with Crippen LogP contribution < -0.4 is 4.74 Å². The fraction of sp³-hybridized carbons (Fsp3) is 0.120. The van der Waals surface area contributed by atoms with Gasteiger partial charge >= 0.3 is 5.97 Å². The number of carbonyl (C=O) groups is 1. The third-order valence-electron chi connectivity index (χ3n) is 4.74. The Morgan fingerprint density at radius 2 is 1.71 bits per heavy atom. The Morgan fingerprint density at radius 1 is 0.968 bits per heavy atom. The largest absolute Gasteiger partial charge is 0.503 e. The summed E-state index contributed by atoms with van der Waals surface area (Å²) in [5.74, 6) is 0.771. The lowest BCUT2D eigenvalue weighted by atomic mass is 10.0. The smallest absolute Gasteiger partial charge is 0.341 e. The highest BCUT2D eigenvalue weighted by atomic mass is 16.5. The molecule has 0 aliphatic carbocycles. The van der Waals surface area contributed by atoms with E-state index in [9.17, 15) is 4.79 Å². The van der Waals surface area contributed by atoms with Gasteiger partial charge in [-0.15, -0.1) is 0 Å². The lowest BCUT2D eigenvalue weighted by Gasteiger charge is -2.13. The maximum Gasteiger partial charge on any atom is 0.341 e. The molecular formula is C25H21NO5. The van der Waals surface area contributed by atoms with Gasteiger partial charge in [0.1, 0.15) is 23.4 Å². The molecule has 0 amide bonds. The van der Waals surface area contributed by atoms with Crippen molar-refractivity contribution in [2.24, 2.45) is 0 Å². The van der Waals surface area contributed by atoms with Crippen LogP contribution in [0.2, 0.25) is 0 Å². The van der Waals surface area contributed by atoms with Crippen LogP contribution in [0.15, 0.2) is 83.5 Å². The fourth-order valence-corrected chi connectivity index (χ4v) is 3.21. The molecule has 4 rings (SSSR count). The normalized spacial score (nSPS) is 11.4. The molecule has 0 radical (unpaired) electrons. The molecule has 6 nitrogen and oxygen atoms in total. The van der Waals surface area contributed by atoms with E-state index in [1.165, 1.54) is 20.5 Å². The number of esters is 1. The fourth-order valence-electron chi connectivity index (χ4n) is 3.21. The van der Waals surface area contributed by atoms with Crippen LogP contribution >= 0.6 is 0 Å². The van der Waals surface area contributed by atoms with Crippen molar-refractivity contribution in [1.82, 2.24) is 4.98 Å². The molecule has 0 N–H and O–H groups in total. The van der Waals surface area contributed by atoms with Crippen LogP contribution in [0.1, 0.15) is 11.1 Å². The Kier molecular flexibility index (Phi) is 5.98. The van der Waals surface area contributed by atoms with E-state index in [0.717, 1.165) is 22.2 Å². The Morgan fingerprint density at radius 3 is 2.45 bits per heavy atom. The second kappa shape index (κ2) is 9.17. The van der Waals surface area contributed by atoms with Crippen molar-refractivity contribution in [1.29, 1.82) is 0 Å². The predicted molar refractivity (Wildman–Crippen MR) is 117 cm³/mol. The number of para-hydroxylation sites is 2. The molecule has 31 heavy (non-hydrogen) atoms. The van der Waals surface area contributed by atoms with Crippen LogP contribution in [0.25, 0.3) is 28.1 Å². The number of ether oxygens (including phenoxy) is 3. The molecule has 4 aromatic rings. The first-order valence-corrected chi connectivity index (χ1v) is 9.68. The van der Waals surface area contributed by atoms with Crippen molar-refractivity contribution in [3.8, 4) is 17.2 Å². The Balaban J connectivity index is 1.51. The lowest BCUT2D eigenvalue weighted by molar-refractivity contribution is -0.133. The average Bonchev–Trinajstić information content (AvgIpc) is 3.26. The molecule has 0 saturated heterocycles. The van der Waals surface area contributed by atoms with Gasteiger partial charge in [-0.2, -0.15) is 0 Å². The quantitative estimate of drug-likeness (QED) is 0.234. The molecule has 0 fully saturated rings. The van der Waals surface area contributed by atoms with Gasteiger partial charge in [-0.1, -0.05) is 36.4 Å². The monoisotopic (exact) mass is 415 g/mol. The van der Waals surface area contributed by atoms with Crippen LogP contribution in [0.5, 0.6) is 5.75 Å². The number of hydrogen-bond donors (Lipinski definition) is 0. The number of nitrogens with zero attached hydrogens (tertiary/aromatic N) is 1. The minimum absolute atomic E-state index is 0.274. The van der Waals surface area contributed by atoms with E-state index in [4.69, 9.17) is 18.6 Å². The molecular weight excluding hydrogens is 394 g/mol. The van der Waals surface area contributed by atoms with Gasteiger partial charge in [-0.3, -0.25) is 0 Å². The van der Waals surface area contributed by atoms with E-state index >= 15 is 0 Å². The van der Waals surface area contributed by atoms with Gasteiger partial charge in [0.05, 0.1) is 20.5 Å². The van der Waals surface area contributed by atoms with Crippen molar-refractivity contribution < 1.29 is 23.4 Å². The Bertz CT molecular complexity index is 1190. The molecule has 3 aromatic carbocycles. The van der Waals surface area contributed by atoms with E-state index in [1.807, 2.05) is 72.8 Å². The number of benzene rings is 3. The van der Waals surface area contributed by atoms with E-state index < -0.39 is 5.97 Å². The van der Waals surface area contributed by atoms with E-state index in [2.05, 4.69) is 4.98 Å². The van der Waals surface area contributed by atoms with Gasteiger partial charge in [0.2, 0.25) is 5.89 Å². The van der Waals surface area contributed by atoms with Gasteiger partial charge in [0.15, 0.2) is 5.58 Å². The number of methoxy groups -OCH3 is 2. The van der Waals surface area contributed by atoms with Crippen molar-refractivity contribution in [3.05, 3.63) is 90.2 Å². The number of oxazole rings is 1. The van der Waals surface area contributed by atoms with Crippen molar-refractivity contribution >= 4 is 22.6 Å². The van der Waals surface area contributed by atoms with Crippen molar-refractivity contribution in [2.75, 3.05) is 14.2 Å². The SMILES string of the molecule is COC=C(C(=O)OC)c1ccccc1COc1ccc(-c2nc3ccccc3o2)cc1. The van der Waals surface area contributed by atoms with Gasteiger partial charge in [-0.25, -0.2) is 9.78 Å². The minimum Gasteiger partial charge on any atom is -0.503 e. The average molecular weight is 415 g/mol. The van der Waals surface area contributed by atoms with Crippen molar-refractivity contribution in [2.45, 2.75) is 6.61 Å². The van der Waals surface area contributed by atoms with E-state index in [0.29, 0.717) is 22.8 Å². The third-order valence-corrected chi connectivity index (χ3v) is 4.74. The zero-order valence-electron chi connectivity index (χ0n) is 17.2. The van der Waals surface area contributed by atoms with Gasteiger partial charge < -0.3 is 18.6 Å². The second-order valence-corrected chi connectivity index (χ2v) is 6.72. The standard InChI is InChI=1S/C25H21NO5/c1-28-16-21(25(27)29-2)20-8-4-3-7-18(20)15-30-19-13-11-17(12-14-19)24-26-22-9-5-6-10-23(22)31-24/h3-14,16H,15H2,1-2H3. The number of fused-ring (bicyclic) bond motifs is 1. The summed E-state index contributed by atoms with van der Waals surface area (Å²) >= 11 is 0. The minimum atomic E-state index is -0.475. The molecule has 0 aliphatic heterocycles. The number of carbonyl (C=O) groups excluding carboxylic acids is 1. The van der Waals surface area contributed by atoms with Crippen LogP contribution in [-0.4, -0.2) is 25.2 Å². The molecule has 0 bridgehead atoms. The Hall–Kier alpha value is -4.06. The lowest BCUT2D eigenvalue weighted by Crippen LogP contribution is -2.08. The van der Waals surface area contributed by atoms with Gasteiger partial charge in [0, 0.05) is 5.56 Å². The molecule has 0 spiro atoms. The second-order valence-electron chi connectivity index (χ2n) is 6.72. The summed E-state index contributed by atoms with van der Waals surface area (Å²) in [6.07, 6.45) is 1.37. The molecule has 0 unspecified atom stereocenters. The first kappa shape index (κ1) is 20.2. The van der Waals surface area contributed by atoms with Gasteiger partial charge in [-0.05, 0) is 47.5 Å². The molecule has 0 atom stereocenters. The molecule has 0 aliphatic rings. The summed E-state index contributed by atoms with van der Waals surface area (Å²) in [4.78, 5) is 16.6.